The lowest BCUT2D eigenvalue weighted by atomic mass is 10.1. The van der Waals surface area contributed by atoms with Crippen molar-refractivity contribution in [2.24, 2.45) is 0 Å². The number of anilines is 1. The summed E-state index contributed by atoms with van der Waals surface area (Å²) in [6.45, 7) is 2.53. The van der Waals surface area contributed by atoms with Crippen molar-refractivity contribution in [1.29, 1.82) is 0 Å². The third kappa shape index (κ3) is 4.68. The van der Waals surface area contributed by atoms with Gasteiger partial charge in [0.25, 0.3) is 11.5 Å². The van der Waals surface area contributed by atoms with Crippen LogP contribution in [0.4, 0.5) is 5.69 Å². The normalized spacial score (nSPS) is 17.4. The Bertz CT molecular complexity index is 1410. The number of fused-ring (bicyclic) bond motifs is 1. The molecule has 9 nitrogen and oxygen atoms in total. The second-order valence-electron chi connectivity index (χ2n) is 9.07. The number of hydrogen-bond acceptors (Lipinski definition) is 6. The molecule has 35 heavy (non-hydrogen) atoms. The summed E-state index contributed by atoms with van der Waals surface area (Å²) in [5.74, 6) is -0.579. The molecule has 10 heteroatoms. The van der Waals surface area contributed by atoms with Gasteiger partial charge in [0.1, 0.15) is 11.2 Å². The molecule has 1 aromatic heterocycles. The van der Waals surface area contributed by atoms with Gasteiger partial charge in [-0.3, -0.25) is 15.0 Å². The van der Waals surface area contributed by atoms with Crippen LogP contribution in [0.3, 0.4) is 0 Å². The lowest BCUT2D eigenvalue weighted by Gasteiger charge is -2.33. The SMILES string of the molecule is O=C(Nn1cnc2ccccc2c1=O)c1ccc(N2CCCCC2)c(S(=O)(=O)N2CCCCC2)c1. The smallest absolute Gasteiger partial charge is 0.280 e. The molecule has 1 amide bonds. The Kier molecular flexibility index (Phi) is 6.57. The van der Waals surface area contributed by atoms with Crippen molar-refractivity contribution in [2.75, 3.05) is 36.5 Å². The number of amides is 1. The van der Waals surface area contributed by atoms with Gasteiger partial charge in [-0.05, 0) is 62.4 Å². The maximum Gasteiger partial charge on any atom is 0.280 e. The molecule has 0 unspecified atom stereocenters. The van der Waals surface area contributed by atoms with Gasteiger partial charge in [0.15, 0.2) is 0 Å². The Hall–Kier alpha value is -3.24. The van der Waals surface area contributed by atoms with E-state index in [4.69, 9.17) is 0 Å². The molecule has 0 saturated carbocycles. The van der Waals surface area contributed by atoms with E-state index in [1.807, 2.05) is 0 Å². The Morgan fingerprint density at radius 3 is 2.31 bits per heavy atom. The molecular formula is C25H29N5O4S. The Morgan fingerprint density at radius 2 is 1.57 bits per heavy atom. The van der Waals surface area contributed by atoms with E-state index in [9.17, 15) is 18.0 Å². The van der Waals surface area contributed by atoms with Gasteiger partial charge in [-0.2, -0.15) is 4.31 Å². The zero-order valence-corrected chi connectivity index (χ0v) is 20.3. The summed E-state index contributed by atoms with van der Waals surface area (Å²) >= 11 is 0. The van der Waals surface area contributed by atoms with Crippen molar-refractivity contribution in [3.8, 4) is 0 Å². The van der Waals surface area contributed by atoms with E-state index in [0.29, 0.717) is 29.7 Å². The first-order chi connectivity index (χ1) is 16.9. The number of sulfonamides is 1. The highest BCUT2D eigenvalue weighted by atomic mass is 32.2. The molecule has 0 spiro atoms. The third-order valence-electron chi connectivity index (χ3n) is 6.74. The highest BCUT2D eigenvalue weighted by Gasteiger charge is 2.31. The van der Waals surface area contributed by atoms with Crippen molar-refractivity contribution in [3.63, 3.8) is 0 Å². The van der Waals surface area contributed by atoms with E-state index < -0.39 is 21.5 Å². The first kappa shape index (κ1) is 23.5. The second kappa shape index (κ2) is 9.79. The monoisotopic (exact) mass is 495 g/mol. The Balaban J connectivity index is 1.51. The first-order valence-corrected chi connectivity index (χ1v) is 13.6. The zero-order valence-electron chi connectivity index (χ0n) is 19.5. The predicted molar refractivity (Wildman–Crippen MR) is 135 cm³/mol. The van der Waals surface area contributed by atoms with Crippen LogP contribution < -0.4 is 15.9 Å². The lowest BCUT2D eigenvalue weighted by molar-refractivity contribution is 0.101. The van der Waals surface area contributed by atoms with Gasteiger partial charge in [0.05, 0.1) is 16.6 Å². The number of aromatic nitrogens is 2. The summed E-state index contributed by atoms with van der Waals surface area (Å²) in [5, 5.41) is 0.379. The van der Waals surface area contributed by atoms with E-state index in [1.54, 1.807) is 36.4 Å². The fraction of sp³-hybridized carbons (Fsp3) is 0.400. The summed E-state index contributed by atoms with van der Waals surface area (Å²) in [4.78, 5) is 32.4. The number of hydrogen-bond donors (Lipinski definition) is 1. The largest absolute Gasteiger partial charge is 0.370 e. The molecule has 0 aliphatic carbocycles. The number of piperidine rings is 2. The molecule has 2 fully saturated rings. The summed E-state index contributed by atoms with van der Waals surface area (Å²) in [6.07, 6.45) is 7.07. The summed E-state index contributed by atoms with van der Waals surface area (Å²) in [6, 6.07) is 11.7. The summed E-state index contributed by atoms with van der Waals surface area (Å²) < 4.78 is 29.9. The molecule has 0 atom stereocenters. The molecular weight excluding hydrogens is 466 g/mol. The fourth-order valence-corrected chi connectivity index (χ4v) is 6.58. The van der Waals surface area contributed by atoms with Crippen LogP contribution in [0.1, 0.15) is 48.9 Å². The highest BCUT2D eigenvalue weighted by molar-refractivity contribution is 7.89. The van der Waals surface area contributed by atoms with Gasteiger partial charge >= 0.3 is 0 Å². The van der Waals surface area contributed by atoms with Gasteiger partial charge in [0.2, 0.25) is 10.0 Å². The molecule has 5 rings (SSSR count). The Labute approximate surface area is 204 Å². The topological polar surface area (TPSA) is 105 Å². The highest BCUT2D eigenvalue weighted by Crippen LogP contribution is 2.32. The van der Waals surface area contributed by atoms with Crippen LogP contribution in [-0.2, 0) is 10.0 Å². The van der Waals surface area contributed by atoms with Crippen LogP contribution in [0.5, 0.6) is 0 Å². The number of benzene rings is 2. The zero-order chi connectivity index (χ0) is 24.4. The van der Waals surface area contributed by atoms with Gasteiger partial charge in [-0.1, -0.05) is 18.6 Å². The molecule has 0 bridgehead atoms. The van der Waals surface area contributed by atoms with Crippen LogP contribution in [0.2, 0.25) is 0 Å². The van der Waals surface area contributed by atoms with Crippen molar-refractivity contribution < 1.29 is 13.2 Å². The molecule has 3 aromatic rings. The van der Waals surface area contributed by atoms with E-state index in [-0.39, 0.29) is 10.5 Å². The lowest BCUT2D eigenvalue weighted by Crippen LogP contribution is -2.38. The van der Waals surface area contributed by atoms with E-state index >= 15 is 0 Å². The number of nitrogens with zero attached hydrogens (tertiary/aromatic N) is 4. The standard InChI is InChI=1S/C25H29N5O4S/c31-24(27-30-18-26-21-10-4-3-9-20(21)25(30)32)19-11-12-22(28-13-5-1-6-14-28)23(17-19)35(33,34)29-15-7-2-8-16-29/h3-4,9-12,17-18H,1-2,5-8,13-16H2,(H,27,31). The molecule has 2 aliphatic rings. The maximum absolute atomic E-state index is 13.7. The molecule has 3 heterocycles. The summed E-state index contributed by atoms with van der Waals surface area (Å²) in [5.41, 5.74) is 3.48. The van der Waals surface area contributed by atoms with Crippen LogP contribution in [-0.4, -0.2) is 54.5 Å². The predicted octanol–water partition coefficient (Wildman–Crippen LogP) is 2.95. The van der Waals surface area contributed by atoms with Crippen LogP contribution >= 0.6 is 0 Å². The van der Waals surface area contributed by atoms with Crippen LogP contribution in [0.25, 0.3) is 10.9 Å². The minimum atomic E-state index is -3.78. The van der Waals surface area contributed by atoms with Gasteiger partial charge in [-0.25, -0.2) is 18.1 Å². The molecule has 2 aliphatic heterocycles. The van der Waals surface area contributed by atoms with E-state index in [1.165, 1.54) is 16.7 Å². The number of carbonyl (C=O) groups excluding carboxylic acids is 1. The molecule has 2 saturated heterocycles. The molecule has 2 aromatic carbocycles. The van der Waals surface area contributed by atoms with Crippen molar-refractivity contribution in [2.45, 2.75) is 43.4 Å². The fourth-order valence-electron chi connectivity index (χ4n) is 4.83. The van der Waals surface area contributed by atoms with Crippen molar-refractivity contribution >= 4 is 32.5 Å². The van der Waals surface area contributed by atoms with Gasteiger partial charge in [0, 0.05) is 31.7 Å². The maximum atomic E-state index is 13.7. The van der Waals surface area contributed by atoms with Crippen LogP contribution in [0, 0.1) is 0 Å². The van der Waals surface area contributed by atoms with E-state index in [0.717, 1.165) is 56.3 Å². The second-order valence-corrected chi connectivity index (χ2v) is 11.0. The average Bonchev–Trinajstić information content (AvgIpc) is 2.91. The Morgan fingerprint density at radius 1 is 0.886 bits per heavy atom. The van der Waals surface area contributed by atoms with Crippen molar-refractivity contribution in [3.05, 3.63) is 64.7 Å². The molecule has 1 N–H and O–H groups in total. The van der Waals surface area contributed by atoms with Crippen LogP contribution in [0.15, 0.2) is 58.5 Å². The number of nitrogens with one attached hydrogen (secondary N) is 1. The van der Waals surface area contributed by atoms with Gasteiger partial charge in [-0.15, -0.1) is 0 Å². The van der Waals surface area contributed by atoms with Gasteiger partial charge < -0.3 is 4.90 Å². The quantitative estimate of drug-likeness (QED) is 0.584. The first-order valence-electron chi connectivity index (χ1n) is 12.1. The minimum Gasteiger partial charge on any atom is -0.370 e. The number of carbonyl (C=O) groups is 1. The summed E-state index contributed by atoms with van der Waals surface area (Å²) in [7, 11) is -3.78. The van der Waals surface area contributed by atoms with E-state index in [2.05, 4.69) is 15.3 Å². The van der Waals surface area contributed by atoms with Crippen molar-refractivity contribution in [1.82, 2.24) is 14.0 Å². The average molecular weight is 496 g/mol. The number of para-hydroxylation sites is 1. The third-order valence-corrected chi connectivity index (χ3v) is 8.67. The molecule has 0 radical (unpaired) electrons. The molecule has 184 valence electrons. The minimum absolute atomic E-state index is 0.151. The number of rotatable bonds is 5.